The van der Waals surface area contributed by atoms with Gasteiger partial charge in [0.25, 0.3) is 0 Å². The molecule has 0 saturated carbocycles. The molecule has 0 spiro atoms. The molecule has 2 nitrogen and oxygen atoms in total. The number of hydrazine groups is 1. The maximum absolute atomic E-state index is 12.4. The first-order valence-corrected chi connectivity index (χ1v) is 3.25. The summed E-state index contributed by atoms with van der Waals surface area (Å²) in [6.45, 7) is 1.79. The van der Waals surface area contributed by atoms with Crippen LogP contribution in [0.1, 0.15) is 5.56 Å². The molecule has 0 aliphatic heterocycles. The van der Waals surface area contributed by atoms with Gasteiger partial charge < -0.3 is 0 Å². The SMILES string of the molecule is Cc1ccc(N(F)N(F)F)cc1. The van der Waals surface area contributed by atoms with Crippen molar-refractivity contribution >= 4 is 5.69 Å². The highest BCUT2D eigenvalue weighted by Gasteiger charge is 2.13. The van der Waals surface area contributed by atoms with Crippen molar-refractivity contribution in [3.63, 3.8) is 0 Å². The Morgan fingerprint density at radius 1 is 1.00 bits per heavy atom. The Hall–Kier alpha value is -1.23. The number of anilines is 1. The van der Waals surface area contributed by atoms with E-state index in [1.807, 2.05) is 0 Å². The van der Waals surface area contributed by atoms with E-state index >= 15 is 0 Å². The van der Waals surface area contributed by atoms with Crippen LogP contribution in [0.5, 0.6) is 0 Å². The number of nitrogens with zero attached hydrogens (tertiary/aromatic N) is 2. The van der Waals surface area contributed by atoms with Gasteiger partial charge in [0.05, 0.1) is 5.69 Å². The molecule has 0 bridgehead atoms. The average molecular weight is 176 g/mol. The predicted octanol–water partition coefficient (Wildman–Crippen LogP) is 2.67. The van der Waals surface area contributed by atoms with Gasteiger partial charge in [-0.05, 0) is 19.1 Å². The quantitative estimate of drug-likeness (QED) is 0.505. The van der Waals surface area contributed by atoms with E-state index in [-0.39, 0.29) is 5.69 Å². The minimum absolute atomic E-state index is 0.203. The van der Waals surface area contributed by atoms with Crippen LogP contribution in [0.25, 0.3) is 0 Å². The van der Waals surface area contributed by atoms with Gasteiger partial charge in [0.2, 0.25) is 0 Å². The molecule has 0 N–H and O–H groups in total. The molecule has 66 valence electrons. The third-order valence-electron chi connectivity index (χ3n) is 1.38. The van der Waals surface area contributed by atoms with Gasteiger partial charge in [0.1, 0.15) is 0 Å². The number of hydrogen-bond acceptors (Lipinski definition) is 2. The van der Waals surface area contributed by atoms with E-state index in [2.05, 4.69) is 0 Å². The molecule has 1 rings (SSSR count). The summed E-state index contributed by atoms with van der Waals surface area (Å²) < 4.78 is 35.6. The summed E-state index contributed by atoms with van der Waals surface area (Å²) in [7, 11) is 0. The first-order valence-electron chi connectivity index (χ1n) is 3.25. The molecule has 12 heavy (non-hydrogen) atoms. The summed E-state index contributed by atoms with van der Waals surface area (Å²) in [5, 5.41) is -0.737. The molecule has 0 amide bonds. The molecule has 0 fully saturated rings. The maximum atomic E-state index is 12.4. The minimum Gasteiger partial charge on any atom is -0.0813 e. The van der Waals surface area contributed by atoms with E-state index in [0.29, 0.717) is 0 Å². The average Bonchev–Trinajstić information content (AvgIpc) is 2.04. The number of benzene rings is 1. The van der Waals surface area contributed by atoms with Crippen LogP contribution in [0, 0.1) is 6.92 Å². The van der Waals surface area contributed by atoms with Crippen molar-refractivity contribution in [2.24, 2.45) is 0 Å². The number of rotatable bonds is 2. The molecule has 0 atom stereocenters. The molecule has 0 unspecified atom stereocenters. The largest absolute Gasteiger partial charge is 0.151 e. The molecule has 0 aromatic heterocycles. The number of aryl methyl sites for hydroxylation is 1. The maximum Gasteiger partial charge on any atom is 0.151 e. The summed E-state index contributed by atoms with van der Waals surface area (Å²) in [5.74, 6) is 0. The van der Waals surface area contributed by atoms with Crippen molar-refractivity contribution in [1.29, 1.82) is 0 Å². The second-order valence-electron chi connectivity index (χ2n) is 2.31. The standard InChI is InChI=1S/C7H7F3N2/c1-6-2-4-7(5-3-6)11(8)12(9)10/h2-5H,1H3. The lowest BCUT2D eigenvalue weighted by Gasteiger charge is -2.11. The molecule has 0 saturated heterocycles. The Bertz CT molecular complexity index is 247. The molecular weight excluding hydrogens is 169 g/mol. The van der Waals surface area contributed by atoms with Gasteiger partial charge in [-0.15, -0.1) is 0 Å². The summed E-state index contributed by atoms with van der Waals surface area (Å²) >= 11 is 0. The van der Waals surface area contributed by atoms with Crippen molar-refractivity contribution in [2.45, 2.75) is 6.92 Å². The van der Waals surface area contributed by atoms with Gasteiger partial charge >= 0.3 is 0 Å². The Balaban J connectivity index is 2.82. The predicted molar refractivity (Wildman–Crippen MR) is 38.8 cm³/mol. The summed E-state index contributed by atoms with van der Waals surface area (Å²) in [5.41, 5.74) is -0.938. The summed E-state index contributed by atoms with van der Waals surface area (Å²) in [6.07, 6.45) is 0. The number of hydrogen-bond donors (Lipinski definition) is 0. The van der Waals surface area contributed by atoms with E-state index in [1.54, 1.807) is 19.1 Å². The molecule has 1 aromatic rings. The highest BCUT2D eigenvalue weighted by Crippen LogP contribution is 2.17. The fourth-order valence-corrected chi connectivity index (χ4v) is 0.755. The highest BCUT2D eigenvalue weighted by atomic mass is 19.4. The molecule has 0 radical (unpaired) electrons. The topological polar surface area (TPSA) is 6.48 Å². The summed E-state index contributed by atoms with van der Waals surface area (Å²) in [6, 6.07) is 5.62. The van der Waals surface area contributed by atoms with Gasteiger partial charge in [-0.1, -0.05) is 36.4 Å². The van der Waals surface area contributed by atoms with E-state index in [9.17, 15) is 13.4 Å². The van der Waals surface area contributed by atoms with E-state index in [4.69, 9.17) is 0 Å². The third kappa shape index (κ3) is 1.88. The van der Waals surface area contributed by atoms with E-state index in [0.717, 1.165) is 5.56 Å². The Morgan fingerprint density at radius 3 is 1.92 bits per heavy atom. The van der Waals surface area contributed by atoms with Gasteiger partial charge in [-0.2, -0.15) is 0 Å². The molecule has 0 heterocycles. The van der Waals surface area contributed by atoms with Crippen LogP contribution in [0.15, 0.2) is 24.3 Å². The van der Waals surface area contributed by atoms with Crippen LogP contribution in [-0.2, 0) is 0 Å². The van der Waals surface area contributed by atoms with E-state index < -0.39 is 10.7 Å². The summed E-state index contributed by atoms with van der Waals surface area (Å²) in [4.78, 5) is 0. The fourth-order valence-electron chi connectivity index (χ4n) is 0.755. The van der Waals surface area contributed by atoms with Crippen molar-refractivity contribution in [2.75, 3.05) is 5.23 Å². The van der Waals surface area contributed by atoms with Crippen molar-refractivity contribution in [3.8, 4) is 0 Å². The lowest BCUT2D eigenvalue weighted by molar-refractivity contribution is -0.196. The normalized spacial score (nSPS) is 10.4. The van der Waals surface area contributed by atoms with Gasteiger partial charge in [0.15, 0.2) is 5.45 Å². The molecule has 0 aliphatic carbocycles. The molecule has 5 heteroatoms. The zero-order valence-corrected chi connectivity index (χ0v) is 6.34. The minimum atomic E-state index is -1.62. The first-order chi connectivity index (χ1) is 5.61. The van der Waals surface area contributed by atoms with E-state index in [1.165, 1.54) is 12.1 Å². The van der Waals surface area contributed by atoms with Crippen molar-refractivity contribution in [3.05, 3.63) is 29.8 Å². The molecule has 0 aliphatic rings. The third-order valence-corrected chi connectivity index (χ3v) is 1.38. The van der Waals surface area contributed by atoms with Crippen molar-refractivity contribution < 1.29 is 13.4 Å². The van der Waals surface area contributed by atoms with Crippen molar-refractivity contribution in [1.82, 2.24) is 5.45 Å². The zero-order chi connectivity index (χ0) is 9.14. The van der Waals surface area contributed by atoms with Crippen LogP contribution in [0.2, 0.25) is 0 Å². The van der Waals surface area contributed by atoms with Crippen LogP contribution >= 0.6 is 0 Å². The zero-order valence-electron chi connectivity index (χ0n) is 6.34. The van der Waals surface area contributed by atoms with Crippen LogP contribution in [-0.4, -0.2) is 5.45 Å². The highest BCUT2D eigenvalue weighted by molar-refractivity contribution is 5.43. The monoisotopic (exact) mass is 176 g/mol. The fraction of sp³-hybridized carbons (Fsp3) is 0.143. The second kappa shape index (κ2) is 3.44. The van der Waals surface area contributed by atoms with Gasteiger partial charge in [0, 0.05) is 0 Å². The Morgan fingerprint density at radius 2 is 1.50 bits per heavy atom. The van der Waals surface area contributed by atoms with Crippen LogP contribution < -0.4 is 5.23 Å². The number of halogens is 3. The Labute approximate surface area is 67.6 Å². The smallest absolute Gasteiger partial charge is 0.0813 e. The lowest BCUT2D eigenvalue weighted by atomic mass is 10.2. The molecule has 1 aromatic carbocycles. The lowest BCUT2D eigenvalue weighted by Crippen LogP contribution is -2.21. The van der Waals surface area contributed by atoms with Crippen LogP contribution in [0.4, 0.5) is 19.1 Å². The second-order valence-corrected chi connectivity index (χ2v) is 2.31. The molecular formula is C7H7F3N2. The van der Waals surface area contributed by atoms with Gasteiger partial charge in [-0.25, -0.2) is 0 Å². The Kier molecular flexibility index (Phi) is 2.54. The van der Waals surface area contributed by atoms with Crippen LogP contribution in [0.3, 0.4) is 0 Å². The first kappa shape index (κ1) is 8.86. The van der Waals surface area contributed by atoms with Gasteiger partial charge in [-0.3, -0.25) is 0 Å².